The minimum atomic E-state index is -4.42. The number of aromatic nitrogens is 1. The van der Waals surface area contributed by atoms with Gasteiger partial charge in [-0.15, -0.1) is 0 Å². The van der Waals surface area contributed by atoms with Crippen LogP contribution in [0.5, 0.6) is 0 Å². The lowest BCUT2D eigenvalue weighted by atomic mass is 10.1. The van der Waals surface area contributed by atoms with Crippen LogP contribution >= 0.6 is 23.2 Å². The Labute approximate surface area is 94.2 Å². The fourth-order valence-electron chi connectivity index (χ4n) is 0.942. The lowest BCUT2D eigenvalue weighted by molar-refractivity contribution is -0.147. The van der Waals surface area contributed by atoms with Crippen molar-refractivity contribution in [2.75, 3.05) is 0 Å². The standard InChI is InChI=1S/C8H7Cl2F3N2/c9-5-1-4(3-15-7(5)10)2-6(14)8(11,12)13/h1,3,6H,2,14H2. The number of nitrogens with zero attached hydrogens (tertiary/aromatic N) is 1. The summed E-state index contributed by atoms with van der Waals surface area (Å²) in [7, 11) is 0. The fraction of sp³-hybridized carbons (Fsp3) is 0.375. The highest BCUT2D eigenvalue weighted by molar-refractivity contribution is 6.41. The highest BCUT2D eigenvalue weighted by atomic mass is 35.5. The van der Waals surface area contributed by atoms with E-state index in [2.05, 4.69) is 4.98 Å². The first-order valence-electron chi connectivity index (χ1n) is 3.93. The molecule has 1 rings (SSSR count). The van der Waals surface area contributed by atoms with E-state index >= 15 is 0 Å². The van der Waals surface area contributed by atoms with Gasteiger partial charge in [-0.05, 0) is 18.1 Å². The summed E-state index contributed by atoms with van der Waals surface area (Å²) >= 11 is 11.1. The van der Waals surface area contributed by atoms with Gasteiger partial charge in [0.05, 0.1) is 5.02 Å². The summed E-state index contributed by atoms with van der Waals surface area (Å²) in [6.07, 6.45) is -3.57. The molecule has 0 saturated carbocycles. The third kappa shape index (κ3) is 3.52. The Morgan fingerprint density at radius 1 is 1.40 bits per heavy atom. The predicted octanol–water partition coefficient (Wildman–Crippen LogP) is 2.82. The van der Waals surface area contributed by atoms with Gasteiger partial charge in [-0.3, -0.25) is 0 Å². The molecular weight excluding hydrogens is 252 g/mol. The van der Waals surface area contributed by atoms with Crippen molar-refractivity contribution >= 4 is 23.2 Å². The molecule has 1 aromatic heterocycles. The van der Waals surface area contributed by atoms with Crippen molar-refractivity contribution in [3.05, 3.63) is 28.0 Å². The molecule has 0 amide bonds. The zero-order valence-corrected chi connectivity index (χ0v) is 8.87. The SMILES string of the molecule is NC(Cc1cnc(Cl)c(Cl)c1)C(F)(F)F. The first-order valence-corrected chi connectivity index (χ1v) is 4.68. The first-order chi connectivity index (χ1) is 6.80. The van der Waals surface area contributed by atoms with Crippen LogP contribution in [0.3, 0.4) is 0 Å². The molecule has 2 nitrogen and oxygen atoms in total. The van der Waals surface area contributed by atoms with E-state index in [1.54, 1.807) is 0 Å². The molecule has 0 aliphatic heterocycles. The van der Waals surface area contributed by atoms with Crippen LogP contribution in [0.4, 0.5) is 13.2 Å². The quantitative estimate of drug-likeness (QED) is 0.829. The second-order valence-corrected chi connectivity index (χ2v) is 3.73. The highest BCUT2D eigenvalue weighted by Gasteiger charge is 2.36. The number of alkyl halides is 3. The van der Waals surface area contributed by atoms with Crippen LogP contribution in [0, 0.1) is 0 Å². The lowest BCUT2D eigenvalue weighted by Crippen LogP contribution is -2.39. The van der Waals surface area contributed by atoms with E-state index in [0.29, 0.717) is 5.56 Å². The topological polar surface area (TPSA) is 38.9 Å². The molecular formula is C8H7Cl2F3N2. The van der Waals surface area contributed by atoms with Gasteiger partial charge in [0.25, 0.3) is 0 Å². The summed E-state index contributed by atoms with van der Waals surface area (Å²) in [5, 5.41) is 0.171. The van der Waals surface area contributed by atoms with Crippen molar-refractivity contribution in [1.82, 2.24) is 4.98 Å². The largest absolute Gasteiger partial charge is 0.403 e. The maximum atomic E-state index is 12.1. The van der Waals surface area contributed by atoms with Crippen LogP contribution < -0.4 is 5.73 Å². The normalized spacial score (nSPS) is 14.0. The van der Waals surface area contributed by atoms with Crippen molar-refractivity contribution in [1.29, 1.82) is 0 Å². The molecule has 15 heavy (non-hydrogen) atoms. The third-order valence-corrected chi connectivity index (χ3v) is 2.42. The fourth-order valence-corrected chi connectivity index (χ4v) is 1.23. The summed E-state index contributed by atoms with van der Waals surface area (Å²) in [5.41, 5.74) is 5.24. The van der Waals surface area contributed by atoms with Crippen LogP contribution in [0.2, 0.25) is 10.2 Å². The second-order valence-electron chi connectivity index (χ2n) is 2.97. The summed E-state index contributed by atoms with van der Waals surface area (Å²) < 4.78 is 36.3. The van der Waals surface area contributed by atoms with Gasteiger partial charge in [-0.25, -0.2) is 4.98 Å². The van der Waals surface area contributed by atoms with Crippen molar-refractivity contribution in [2.45, 2.75) is 18.6 Å². The van der Waals surface area contributed by atoms with Gasteiger partial charge in [0, 0.05) is 6.20 Å². The molecule has 2 N–H and O–H groups in total. The Kier molecular flexibility index (Phi) is 3.81. The summed E-state index contributed by atoms with van der Waals surface area (Å²) in [6, 6.07) is -0.598. The monoisotopic (exact) mass is 258 g/mol. The Morgan fingerprint density at radius 3 is 2.47 bits per heavy atom. The van der Waals surface area contributed by atoms with Crippen molar-refractivity contribution in [2.24, 2.45) is 5.73 Å². The predicted molar refractivity (Wildman–Crippen MR) is 52.0 cm³/mol. The van der Waals surface area contributed by atoms with Crippen molar-refractivity contribution in [3.8, 4) is 0 Å². The lowest BCUT2D eigenvalue weighted by Gasteiger charge is -2.15. The third-order valence-electron chi connectivity index (χ3n) is 1.73. The molecule has 1 heterocycles. The van der Waals surface area contributed by atoms with Gasteiger partial charge < -0.3 is 5.73 Å². The van der Waals surface area contributed by atoms with E-state index in [0.717, 1.165) is 0 Å². The van der Waals surface area contributed by atoms with Crippen molar-refractivity contribution in [3.63, 3.8) is 0 Å². The van der Waals surface area contributed by atoms with E-state index in [4.69, 9.17) is 28.9 Å². The Hall–Kier alpha value is -0.520. The number of pyridine rings is 1. The van der Waals surface area contributed by atoms with Crippen LogP contribution in [0.25, 0.3) is 0 Å². The Balaban J connectivity index is 2.78. The van der Waals surface area contributed by atoms with Gasteiger partial charge >= 0.3 is 6.18 Å². The molecule has 0 aliphatic rings. The van der Waals surface area contributed by atoms with Crippen LogP contribution in [-0.4, -0.2) is 17.2 Å². The molecule has 0 saturated heterocycles. The van der Waals surface area contributed by atoms with E-state index in [1.807, 2.05) is 0 Å². The smallest absolute Gasteiger partial charge is 0.320 e. The van der Waals surface area contributed by atoms with Gasteiger partial charge in [0.2, 0.25) is 0 Å². The number of halogens is 5. The van der Waals surface area contributed by atoms with E-state index in [-0.39, 0.29) is 16.6 Å². The minimum absolute atomic E-state index is 0.0565. The average molecular weight is 259 g/mol. The number of nitrogens with two attached hydrogens (primary N) is 1. The molecule has 0 aliphatic carbocycles. The van der Waals surface area contributed by atoms with E-state index < -0.39 is 12.2 Å². The summed E-state index contributed by atoms with van der Waals surface area (Å²) in [5.74, 6) is 0. The van der Waals surface area contributed by atoms with Gasteiger partial charge in [0.15, 0.2) is 0 Å². The van der Waals surface area contributed by atoms with E-state index in [9.17, 15) is 13.2 Å². The summed E-state index contributed by atoms with van der Waals surface area (Å²) in [6.45, 7) is 0. The van der Waals surface area contributed by atoms with Gasteiger partial charge in [-0.2, -0.15) is 13.2 Å². The molecule has 84 valence electrons. The van der Waals surface area contributed by atoms with Crippen LogP contribution in [0.15, 0.2) is 12.3 Å². The van der Waals surface area contributed by atoms with Gasteiger partial charge in [-0.1, -0.05) is 23.2 Å². The maximum Gasteiger partial charge on any atom is 0.403 e. The molecule has 7 heteroatoms. The van der Waals surface area contributed by atoms with Crippen LogP contribution in [0.1, 0.15) is 5.56 Å². The molecule has 0 fully saturated rings. The first kappa shape index (κ1) is 12.5. The number of hydrogen-bond acceptors (Lipinski definition) is 2. The minimum Gasteiger partial charge on any atom is -0.320 e. The summed E-state index contributed by atoms with van der Waals surface area (Å²) in [4.78, 5) is 3.62. The van der Waals surface area contributed by atoms with Crippen LogP contribution in [-0.2, 0) is 6.42 Å². The Bertz CT molecular complexity index is 354. The molecule has 1 unspecified atom stereocenters. The average Bonchev–Trinajstić information content (AvgIpc) is 2.10. The Morgan fingerprint density at radius 2 is 2.00 bits per heavy atom. The highest BCUT2D eigenvalue weighted by Crippen LogP contribution is 2.24. The second kappa shape index (κ2) is 4.55. The molecule has 1 aromatic rings. The van der Waals surface area contributed by atoms with Crippen molar-refractivity contribution < 1.29 is 13.2 Å². The number of rotatable bonds is 2. The van der Waals surface area contributed by atoms with E-state index in [1.165, 1.54) is 12.3 Å². The zero-order chi connectivity index (χ0) is 11.6. The molecule has 0 bridgehead atoms. The molecule has 1 atom stereocenters. The van der Waals surface area contributed by atoms with Gasteiger partial charge in [0.1, 0.15) is 11.2 Å². The molecule has 0 aromatic carbocycles. The zero-order valence-electron chi connectivity index (χ0n) is 7.35. The maximum absolute atomic E-state index is 12.1. The number of hydrogen-bond donors (Lipinski definition) is 1. The molecule has 0 radical (unpaired) electrons. The molecule has 0 spiro atoms.